The Bertz CT molecular complexity index is 599. The lowest BCUT2D eigenvalue weighted by Gasteiger charge is -2.09. The Labute approximate surface area is 119 Å². The molecule has 0 amide bonds. The van der Waals surface area contributed by atoms with E-state index in [0.29, 0.717) is 11.9 Å². The Morgan fingerprint density at radius 1 is 1.15 bits per heavy atom. The molecule has 20 heavy (non-hydrogen) atoms. The van der Waals surface area contributed by atoms with E-state index in [-0.39, 0.29) is 0 Å². The standard InChI is InChI=1S/C15H19N5/c1-4-20(13-8-6-5-7-9-13)14(16)19-15-17-11(2)10-12(3)18-15/h5-10H,4H2,1-3H3,(H2,16,17,18,19)/p+1. The van der Waals surface area contributed by atoms with Crippen molar-refractivity contribution in [3.63, 3.8) is 0 Å². The average Bonchev–Trinajstić information content (AvgIpc) is 2.39. The zero-order valence-electron chi connectivity index (χ0n) is 12.1. The molecular weight excluding hydrogens is 250 g/mol. The van der Waals surface area contributed by atoms with Crippen molar-refractivity contribution in [3.8, 4) is 0 Å². The van der Waals surface area contributed by atoms with Crippen molar-refractivity contribution < 1.29 is 4.58 Å². The van der Waals surface area contributed by atoms with Crippen molar-refractivity contribution in [2.75, 3.05) is 11.9 Å². The lowest BCUT2D eigenvalue weighted by molar-refractivity contribution is -0.437. The minimum Gasteiger partial charge on any atom is -0.290 e. The van der Waals surface area contributed by atoms with Crippen molar-refractivity contribution in [1.82, 2.24) is 9.97 Å². The number of nitrogens with zero attached hydrogens (tertiary/aromatic N) is 3. The van der Waals surface area contributed by atoms with E-state index in [9.17, 15) is 0 Å². The highest BCUT2D eigenvalue weighted by Gasteiger charge is 2.12. The topological polar surface area (TPSA) is 66.8 Å². The number of anilines is 1. The SMILES string of the molecule is CC[N+](=C(N)Nc1nc(C)cc(C)n1)c1ccccc1. The van der Waals surface area contributed by atoms with Crippen molar-refractivity contribution in [2.24, 2.45) is 5.73 Å². The molecule has 0 fully saturated rings. The second-order valence-electron chi connectivity index (χ2n) is 4.56. The van der Waals surface area contributed by atoms with E-state index >= 15 is 0 Å². The van der Waals surface area contributed by atoms with Crippen LogP contribution >= 0.6 is 0 Å². The normalized spacial score (nSPS) is 11.9. The van der Waals surface area contributed by atoms with Crippen LogP contribution in [-0.4, -0.2) is 27.0 Å². The molecule has 0 radical (unpaired) electrons. The number of aryl methyl sites for hydroxylation is 2. The van der Waals surface area contributed by atoms with Crippen LogP contribution in [-0.2, 0) is 0 Å². The number of nitrogens with two attached hydrogens (primary N) is 1. The van der Waals surface area contributed by atoms with Gasteiger partial charge >= 0.3 is 5.96 Å². The first kappa shape index (κ1) is 14.0. The second-order valence-corrected chi connectivity index (χ2v) is 4.56. The first-order chi connectivity index (χ1) is 9.60. The van der Waals surface area contributed by atoms with E-state index in [1.54, 1.807) is 0 Å². The van der Waals surface area contributed by atoms with Crippen molar-refractivity contribution in [3.05, 3.63) is 47.8 Å². The second kappa shape index (κ2) is 6.14. The van der Waals surface area contributed by atoms with E-state index in [1.165, 1.54) is 0 Å². The van der Waals surface area contributed by atoms with Gasteiger partial charge in [-0.05, 0) is 39.0 Å². The number of para-hydroxylation sites is 1. The summed E-state index contributed by atoms with van der Waals surface area (Å²) in [5, 5.41) is 3.07. The minimum atomic E-state index is 0.517. The molecule has 5 nitrogen and oxygen atoms in total. The number of nitrogens with one attached hydrogen (secondary N) is 1. The van der Waals surface area contributed by atoms with Crippen LogP contribution in [0.25, 0.3) is 0 Å². The van der Waals surface area contributed by atoms with Gasteiger partial charge in [-0.25, -0.2) is 19.9 Å². The number of rotatable bonds is 3. The maximum absolute atomic E-state index is 6.14. The Kier molecular flexibility index (Phi) is 4.30. The molecule has 0 saturated carbocycles. The van der Waals surface area contributed by atoms with Gasteiger partial charge in [-0.2, -0.15) is 0 Å². The zero-order chi connectivity index (χ0) is 14.5. The fourth-order valence-electron chi connectivity index (χ4n) is 2.06. The summed E-state index contributed by atoms with van der Waals surface area (Å²) in [5.41, 5.74) is 9.00. The van der Waals surface area contributed by atoms with E-state index in [4.69, 9.17) is 5.73 Å². The molecule has 2 aromatic rings. The predicted octanol–water partition coefficient (Wildman–Crippen LogP) is 2.18. The van der Waals surface area contributed by atoms with Gasteiger partial charge < -0.3 is 0 Å². The molecule has 104 valence electrons. The van der Waals surface area contributed by atoms with Crippen LogP contribution in [0.15, 0.2) is 36.4 Å². The summed E-state index contributed by atoms with van der Waals surface area (Å²) in [7, 11) is 0. The quantitative estimate of drug-likeness (QED) is 0.509. The van der Waals surface area contributed by atoms with Crippen molar-refractivity contribution >= 4 is 17.6 Å². The molecule has 1 aromatic carbocycles. The number of hydrogen-bond donors (Lipinski definition) is 2. The minimum absolute atomic E-state index is 0.517. The molecule has 2 rings (SSSR count). The maximum Gasteiger partial charge on any atom is 0.355 e. The molecule has 0 saturated heterocycles. The largest absolute Gasteiger partial charge is 0.355 e. The highest BCUT2D eigenvalue weighted by molar-refractivity contribution is 5.87. The maximum atomic E-state index is 6.14. The van der Waals surface area contributed by atoms with E-state index in [2.05, 4.69) is 15.3 Å². The lowest BCUT2D eigenvalue weighted by Crippen LogP contribution is -2.33. The molecule has 1 heterocycles. The highest BCUT2D eigenvalue weighted by atomic mass is 15.2. The highest BCUT2D eigenvalue weighted by Crippen LogP contribution is 2.10. The van der Waals surface area contributed by atoms with E-state index in [0.717, 1.165) is 23.6 Å². The van der Waals surface area contributed by atoms with Crippen molar-refractivity contribution in [1.29, 1.82) is 0 Å². The Balaban J connectivity index is 2.32. The molecule has 0 aliphatic carbocycles. The van der Waals surface area contributed by atoms with Gasteiger partial charge in [-0.3, -0.25) is 5.73 Å². The molecule has 0 unspecified atom stereocenters. The Morgan fingerprint density at radius 2 is 1.75 bits per heavy atom. The van der Waals surface area contributed by atoms with Gasteiger partial charge in [0.15, 0.2) is 0 Å². The van der Waals surface area contributed by atoms with Crippen LogP contribution in [0, 0.1) is 13.8 Å². The summed E-state index contributed by atoms with van der Waals surface area (Å²) in [5.74, 6) is 1.04. The molecule has 5 heteroatoms. The van der Waals surface area contributed by atoms with Crippen LogP contribution in [0.1, 0.15) is 18.3 Å². The lowest BCUT2D eigenvalue weighted by atomic mass is 10.3. The fraction of sp³-hybridized carbons (Fsp3) is 0.267. The van der Waals surface area contributed by atoms with Gasteiger partial charge in [-0.1, -0.05) is 18.2 Å². The van der Waals surface area contributed by atoms with Gasteiger partial charge in [0.1, 0.15) is 5.69 Å². The van der Waals surface area contributed by atoms with Crippen LogP contribution < -0.4 is 11.1 Å². The first-order valence-corrected chi connectivity index (χ1v) is 6.64. The number of benzene rings is 1. The molecule has 3 N–H and O–H groups in total. The number of hydrogen-bond acceptors (Lipinski definition) is 2. The third-order valence-electron chi connectivity index (χ3n) is 2.90. The zero-order valence-corrected chi connectivity index (χ0v) is 12.1. The molecule has 0 spiro atoms. The average molecular weight is 270 g/mol. The molecule has 0 atom stereocenters. The van der Waals surface area contributed by atoms with Crippen LogP contribution in [0.3, 0.4) is 0 Å². The van der Waals surface area contributed by atoms with E-state index < -0.39 is 0 Å². The fourth-order valence-corrected chi connectivity index (χ4v) is 2.06. The Morgan fingerprint density at radius 3 is 2.30 bits per heavy atom. The van der Waals surface area contributed by atoms with Crippen LogP contribution in [0.2, 0.25) is 0 Å². The summed E-state index contributed by atoms with van der Waals surface area (Å²) in [4.78, 5) is 8.67. The van der Waals surface area contributed by atoms with Crippen molar-refractivity contribution in [2.45, 2.75) is 20.8 Å². The number of guanidine groups is 1. The molecular formula is C15H20N5+. The summed E-state index contributed by atoms with van der Waals surface area (Å²) in [6.07, 6.45) is 0. The third kappa shape index (κ3) is 3.32. The predicted molar refractivity (Wildman–Crippen MR) is 81.2 cm³/mol. The van der Waals surface area contributed by atoms with Gasteiger partial charge in [-0.15, -0.1) is 0 Å². The monoisotopic (exact) mass is 270 g/mol. The van der Waals surface area contributed by atoms with Gasteiger partial charge in [0.25, 0.3) is 5.95 Å². The van der Waals surface area contributed by atoms with E-state index in [1.807, 2.05) is 61.7 Å². The summed E-state index contributed by atoms with van der Waals surface area (Å²) < 4.78 is 1.97. The molecule has 0 aliphatic heterocycles. The molecule has 0 aliphatic rings. The number of aromatic nitrogens is 2. The summed E-state index contributed by atoms with van der Waals surface area (Å²) >= 11 is 0. The Hall–Kier alpha value is -2.43. The molecule has 0 bridgehead atoms. The summed E-state index contributed by atoms with van der Waals surface area (Å²) in [6, 6.07) is 11.9. The van der Waals surface area contributed by atoms with Crippen LogP contribution in [0.4, 0.5) is 11.6 Å². The van der Waals surface area contributed by atoms with Gasteiger partial charge in [0.05, 0.1) is 6.54 Å². The summed E-state index contributed by atoms with van der Waals surface area (Å²) in [6.45, 7) is 6.67. The van der Waals surface area contributed by atoms with Crippen LogP contribution in [0.5, 0.6) is 0 Å². The van der Waals surface area contributed by atoms with Gasteiger partial charge in [0.2, 0.25) is 0 Å². The first-order valence-electron chi connectivity index (χ1n) is 6.64. The third-order valence-corrected chi connectivity index (χ3v) is 2.90. The smallest absolute Gasteiger partial charge is 0.290 e. The molecule has 1 aromatic heterocycles. The van der Waals surface area contributed by atoms with Gasteiger partial charge in [0, 0.05) is 11.4 Å².